The van der Waals surface area contributed by atoms with Crippen LogP contribution in [0, 0.1) is 5.92 Å². The molecule has 0 spiro atoms. The van der Waals surface area contributed by atoms with Gasteiger partial charge in [0.2, 0.25) is 10.0 Å². The van der Waals surface area contributed by atoms with Crippen molar-refractivity contribution in [3.8, 4) is 0 Å². The van der Waals surface area contributed by atoms with Gasteiger partial charge in [-0.2, -0.15) is 4.31 Å². The summed E-state index contributed by atoms with van der Waals surface area (Å²) in [6, 6.07) is 18.9. The van der Waals surface area contributed by atoms with E-state index < -0.39 is 16.1 Å². The van der Waals surface area contributed by atoms with Crippen molar-refractivity contribution >= 4 is 21.2 Å². The number of allylic oxidation sites excluding steroid dienone is 2. The van der Waals surface area contributed by atoms with Gasteiger partial charge in [0, 0.05) is 13.1 Å². The first-order valence-electron chi connectivity index (χ1n) is 11.5. The molecule has 1 saturated heterocycles. The molecule has 1 fully saturated rings. The summed E-state index contributed by atoms with van der Waals surface area (Å²) in [5.74, 6) is 0.0668. The molecule has 6 nitrogen and oxygen atoms in total. The van der Waals surface area contributed by atoms with Gasteiger partial charge in [-0.3, -0.25) is 0 Å². The van der Waals surface area contributed by atoms with Crippen LogP contribution in [0.2, 0.25) is 0 Å². The Morgan fingerprint density at radius 2 is 1.67 bits per heavy atom. The lowest BCUT2D eigenvalue weighted by molar-refractivity contribution is 0.0626. The zero-order chi connectivity index (χ0) is 23.0. The molecular weight excluding hydrogens is 434 g/mol. The van der Waals surface area contributed by atoms with E-state index in [0.717, 1.165) is 5.69 Å². The highest BCUT2D eigenvalue weighted by molar-refractivity contribution is 7.89. The normalized spacial score (nSPS) is 20.7. The van der Waals surface area contributed by atoms with E-state index in [0.29, 0.717) is 37.2 Å². The molecule has 2 atom stereocenters. The van der Waals surface area contributed by atoms with Gasteiger partial charge < -0.3 is 9.67 Å². The average Bonchev–Trinajstić information content (AvgIpc) is 3.43. The van der Waals surface area contributed by atoms with Crippen molar-refractivity contribution in [1.29, 1.82) is 0 Å². The Balaban J connectivity index is 1.30. The van der Waals surface area contributed by atoms with Crippen molar-refractivity contribution in [1.82, 2.24) is 13.9 Å². The van der Waals surface area contributed by atoms with Crippen LogP contribution >= 0.6 is 0 Å². The number of aliphatic hydroxyl groups excluding tert-OH is 1. The molecule has 3 heterocycles. The maximum atomic E-state index is 12.9. The minimum Gasteiger partial charge on any atom is -0.393 e. The zero-order valence-corrected chi connectivity index (χ0v) is 19.5. The quantitative estimate of drug-likeness (QED) is 0.594. The fourth-order valence-electron chi connectivity index (χ4n) is 5.29. The van der Waals surface area contributed by atoms with Crippen molar-refractivity contribution in [3.63, 3.8) is 0 Å². The van der Waals surface area contributed by atoms with Gasteiger partial charge in [0.05, 0.1) is 35.3 Å². The molecule has 0 aliphatic carbocycles. The topological polar surface area (TPSA) is 75.4 Å². The van der Waals surface area contributed by atoms with Crippen molar-refractivity contribution in [2.45, 2.75) is 43.2 Å². The van der Waals surface area contributed by atoms with E-state index in [-0.39, 0.29) is 12.0 Å². The van der Waals surface area contributed by atoms with Gasteiger partial charge in [-0.1, -0.05) is 48.5 Å². The molecule has 2 unspecified atom stereocenters. The molecule has 7 heteroatoms. The van der Waals surface area contributed by atoms with Crippen LogP contribution in [0.1, 0.15) is 43.5 Å². The molecule has 5 rings (SSSR count). The number of sulfonamides is 1. The third kappa shape index (κ3) is 4.05. The fraction of sp³-hybridized carbons (Fsp3) is 0.346. The third-order valence-electron chi connectivity index (χ3n) is 7.10. The maximum Gasteiger partial charge on any atom is 0.243 e. The molecule has 0 bridgehead atoms. The molecule has 2 aliphatic rings. The molecule has 1 N–H and O–H groups in total. The summed E-state index contributed by atoms with van der Waals surface area (Å²) >= 11 is 0. The summed E-state index contributed by atoms with van der Waals surface area (Å²) in [5, 5.41) is 11.2. The van der Waals surface area contributed by atoms with Crippen LogP contribution in [0.3, 0.4) is 0 Å². The van der Waals surface area contributed by atoms with Gasteiger partial charge in [0.1, 0.15) is 0 Å². The van der Waals surface area contributed by atoms with Gasteiger partial charge in [-0.15, -0.1) is 0 Å². The summed E-state index contributed by atoms with van der Waals surface area (Å²) in [7, 11) is -3.49. The number of fused-ring (bicyclic) bond motifs is 1. The standard InChI is InChI=1S/C26H29N3O3S/c1-19-24-17-27-18-29(24)23(26(19)21-8-4-2-5-9-21)16-25(30)20-12-14-28(15-13-20)33(31,32)22-10-6-3-7-11-22/h2-11,17-18,20,23,25,30H,12-16H2,1H3. The minimum absolute atomic E-state index is 0.0194. The van der Waals surface area contributed by atoms with Crippen LogP contribution in [0.15, 0.2) is 78.1 Å². The van der Waals surface area contributed by atoms with E-state index in [1.54, 1.807) is 28.6 Å². The van der Waals surface area contributed by atoms with Crippen LogP contribution in [0.5, 0.6) is 0 Å². The Bertz CT molecular complexity index is 1240. The van der Waals surface area contributed by atoms with Crippen molar-refractivity contribution < 1.29 is 13.5 Å². The Hall–Kier alpha value is -2.74. The molecule has 0 saturated carbocycles. The zero-order valence-electron chi connectivity index (χ0n) is 18.7. The summed E-state index contributed by atoms with van der Waals surface area (Å²) in [6.45, 7) is 2.98. The summed E-state index contributed by atoms with van der Waals surface area (Å²) in [5.41, 5.74) is 4.69. The third-order valence-corrected chi connectivity index (χ3v) is 9.01. The second-order valence-electron chi connectivity index (χ2n) is 8.96. The first-order chi connectivity index (χ1) is 16.0. The Kier molecular flexibility index (Phi) is 5.95. The van der Waals surface area contributed by atoms with Gasteiger partial charge in [-0.05, 0) is 60.9 Å². The number of imidazole rings is 1. The van der Waals surface area contributed by atoms with E-state index in [4.69, 9.17) is 0 Å². The van der Waals surface area contributed by atoms with Gasteiger partial charge in [0.25, 0.3) is 0 Å². The average molecular weight is 464 g/mol. The molecule has 0 radical (unpaired) electrons. The smallest absolute Gasteiger partial charge is 0.243 e. The Labute approximate surface area is 195 Å². The number of aliphatic hydroxyl groups is 1. The van der Waals surface area contributed by atoms with Crippen molar-refractivity contribution in [2.24, 2.45) is 5.92 Å². The number of piperidine rings is 1. The SMILES string of the molecule is CC1=C(c2ccccc2)C(CC(O)C2CCN(S(=O)(=O)c3ccccc3)CC2)n2cncc21. The maximum absolute atomic E-state index is 12.9. The lowest BCUT2D eigenvalue weighted by atomic mass is 9.85. The molecule has 1 aromatic heterocycles. The largest absolute Gasteiger partial charge is 0.393 e. The second-order valence-corrected chi connectivity index (χ2v) is 10.9. The lowest BCUT2D eigenvalue weighted by Gasteiger charge is -2.34. The monoisotopic (exact) mass is 463 g/mol. The number of nitrogens with zero attached hydrogens (tertiary/aromatic N) is 3. The number of hydrogen-bond donors (Lipinski definition) is 1. The fourth-order valence-corrected chi connectivity index (χ4v) is 6.78. The molecule has 0 amide bonds. The predicted octanol–water partition coefficient (Wildman–Crippen LogP) is 4.22. The Morgan fingerprint density at radius 1 is 1.03 bits per heavy atom. The lowest BCUT2D eigenvalue weighted by Crippen LogP contribution is -2.41. The molecule has 2 aromatic carbocycles. The highest BCUT2D eigenvalue weighted by Gasteiger charge is 2.36. The number of hydrogen-bond acceptors (Lipinski definition) is 4. The summed E-state index contributed by atoms with van der Waals surface area (Å²) in [4.78, 5) is 4.66. The number of aromatic nitrogens is 2. The first kappa shape index (κ1) is 22.1. The predicted molar refractivity (Wildman–Crippen MR) is 129 cm³/mol. The first-order valence-corrected chi connectivity index (χ1v) is 12.9. The molecule has 3 aromatic rings. The summed E-state index contributed by atoms with van der Waals surface area (Å²) < 4.78 is 29.6. The van der Waals surface area contributed by atoms with Crippen LogP contribution in [-0.4, -0.2) is 46.6 Å². The molecule has 33 heavy (non-hydrogen) atoms. The van der Waals surface area contributed by atoms with E-state index in [9.17, 15) is 13.5 Å². The minimum atomic E-state index is -3.49. The molecule has 172 valence electrons. The van der Waals surface area contributed by atoms with Crippen LogP contribution in [0.25, 0.3) is 11.1 Å². The van der Waals surface area contributed by atoms with Gasteiger partial charge >= 0.3 is 0 Å². The van der Waals surface area contributed by atoms with Crippen LogP contribution in [0.4, 0.5) is 0 Å². The highest BCUT2D eigenvalue weighted by Crippen LogP contribution is 2.45. The van der Waals surface area contributed by atoms with Crippen molar-refractivity contribution in [3.05, 3.63) is 84.4 Å². The second kappa shape index (κ2) is 8.89. The van der Waals surface area contributed by atoms with E-state index in [1.165, 1.54) is 16.7 Å². The van der Waals surface area contributed by atoms with Crippen molar-refractivity contribution in [2.75, 3.05) is 13.1 Å². The van der Waals surface area contributed by atoms with E-state index >= 15 is 0 Å². The number of benzene rings is 2. The molecule has 2 aliphatic heterocycles. The highest BCUT2D eigenvalue weighted by atomic mass is 32.2. The van der Waals surface area contributed by atoms with E-state index in [1.807, 2.05) is 36.8 Å². The summed E-state index contributed by atoms with van der Waals surface area (Å²) in [6.07, 6.45) is 5.11. The van der Waals surface area contributed by atoms with Crippen LogP contribution in [-0.2, 0) is 10.0 Å². The van der Waals surface area contributed by atoms with E-state index in [2.05, 4.69) is 28.6 Å². The van der Waals surface area contributed by atoms with Crippen LogP contribution < -0.4 is 0 Å². The van der Waals surface area contributed by atoms with Gasteiger partial charge in [0.15, 0.2) is 0 Å². The molecular formula is C26H29N3O3S. The van der Waals surface area contributed by atoms with Gasteiger partial charge in [-0.25, -0.2) is 13.4 Å². The Morgan fingerprint density at radius 3 is 2.33 bits per heavy atom. The number of rotatable bonds is 6.